The fourth-order valence-corrected chi connectivity index (χ4v) is 4.50. The Bertz CT molecular complexity index is 1460. The maximum Gasteiger partial charge on any atom is 0.435 e. The number of oxime groups is 1. The summed E-state index contributed by atoms with van der Waals surface area (Å²) in [5, 5.41) is 4.38. The molecule has 2 aliphatic heterocycles. The van der Waals surface area contributed by atoms with E-state index in [4.69, 9.17) is 11.6 Å². The van der Waals surface area contributed by atoms with Crippen LogP contribution >= 0.6 is 11.6 Å². The van der Waals surface area contributed by atoms with Gasteiger partial charge in [-0.05, 0) is 42.3 Å². The summed E-state index contributed by atoms with van der Waals surface area (Å²) in [5.41, 5.74) is -7.43. The average molecular weight is 636 g/mol. The maximum atomic E-state index is 14.8. The van der Waals surface area contributed by atoms with Crippen LogP contribution in [0.1, 0.15) is 39.0 Å². The van der Waals surface area contributed by atoms with Gasteiger partial charge in [0.05, 0.1) is 22.7 Å². The van der Waals surface area contributed by atoms with Crippen molar-refractivity contribution in [3.63, 3.8) is 0 Å². The molecule has 0 aliphatic carbocycles. The number of carbonyl (C=O) groups excluding carboxylic acids is 2. The summed E-state index contributed by atoms with van der Waals surface area (Å²) in [7, 11) is 0. The van der Waals surface area contributed by atoms with E-state index in [-0.39, 0.29) is 33.9 Å². The van der Waals surface area contributed by atoms with E-state index in [1.54, 1.807) is 0 Å². The third-order valence-corrected chi connectivity index (χ3v) is 6.63. The van der Waals surface area contributed by atoms with Gasteiger partial charge in [-0.25, -0.2) is 9.45 Å². The third kappa shape index (κ3) is 5.97. The van der Waals surface area contributed by atoms with E-state index in [9.17, 15) is 53.5 Å². The molecule has 2 amide bonds. The van der Waals surface area contributed by atoms with E-state index < -0.39 is 89.2 Å². The van der Waals surface area contributed by atoms with Crippen molar-refractivity contribution in [1.82, 2.24) is 10.4 Å². The number of halogens is 11. The zero-order valence-corrected chi connectivity index (χ0v) is 21.5. The highest BCUT2D eigenvalue weighted by atomic mass is 35.5. The summed E-state index contributed by atoms with van der Waals surface area (Å²) in [4.78, 5) is 34.1. The van der Waals surface area contributed by atoms with Crippen LogP contribution in [0.3, 0.4) is 0 Å². The smallest absolute Gasteiger partial charge is 0.374 e. The molecule has 0 bridgehead atoms. The SMILES string of the molecule is Cc1cc(C2=NO[C@@](c3cc(C(F)(F)F)cc(Cl)c3F)(C(F)(F)F)C2)ccc1C(=O)N[C@@H]1CON(CC(F)(F)F)C1=O. The van der Waals surface area contributed by atoms with Crippen LogP contribution in [-0.2, 0) is 26.2 Å². The van der Waals surface area contributed by atoms with Crippen molar-refractivity contribution >= 4 is 29.1 Å². The van der Waals surface area contributed by atoms with Crippen molar-refractivity contribution < 1.29 is 63.2 Å². The number of alkyl halides is 9. The summed E-state index contributed by atoms with van der Waals surface area (Å²) < 4.78 is 135. The highest BCUT2D eigenvalue weighted by Gasteiger charge is 2.64. The van der Waals surface area contributed by atoms with Gasteiger partial charge in [-0.2, -0.15) is 39.5 Å². The van der Waals surface area contributed by atoms with E-state index in [1.807, 2.05) is 0 Å². The number of nitrogens with zero attached hydrogens (tertiary/aromatic N) is 2. The molecule has 2 aliphatic rings. The molecule has 0 spiro atoms. The lowest BCUT2D eigenvalue weighted by atomic mass is 9.85. The predicted octanol–water partition coefficient (Wildman–Crippen LogP) is 5.82. The zero-order chi connectivity index (χ0) is 31.4. The maximum absolute atomic E-state index is 14.8. The number of hydroxylamine groups is 2. The van der Waals surface area contributed by atoms with Gasteiger partial charge in [0, 0.05) is 11.1 Å². The Morgan fingerprint density at radius 3 is 2.36 bits per heavy atom. The van der Waals surface area contributed by atoms with Crippen LogP contribution < -0.4 is 5.32 Å². The highest BCUT2D eigenvalue weighted by Crippen LogP contribution is 2.51. The molecule has 2 atom stereocenters. The molecule has 228 valence electrons. The van der Waals surface area contributed by atoms with Crippen LogP contribution in [-0.4, -0.2) is 54.1 Å². The van der Waals surface area contributed by atoms with Crippen molar-refractivity contribution in [3.05, 3.63) is 69.0 Å². The Morgan fingerprint density at radius 1 is 1.12 bits per heavy atom. The number of carbonyl (C=O) groups is 2. The van der Waals surface area contributed by atoms with Crippen LogP contribution in [0.25, 0.3) is 0 Å². The molecule has 0 saturated carbocycles. The second-order valence-corrected chi connectivity index (χ2v) is 9.70. The van der Waals surface area contributed by atoms with Gasteiger partial charge in [-0.3, -0.25) is 14.4 Å². The van der Waals surface area contributed by atoms with Gasteiger partial charge < -0.3 is 10.2 Å². The van der Waals surface area contributed by atoms with Gasteiger partial charge in [0.25, 0.3) is 17.4 Å². The molecule has 18 heteroatoms. The topological polar surface area (TPSA) is 80.2 Å². The summed E-state index contributed by atoms with van der Waals surface area (Å²) in [5.74, 6) is -3.87. The largest absolute Gasteiger partial charge is 0.435 e. The van der Waals surface area contributed by atoms with Crippen LogP contribution in [0.5, 0.6) is 0 Å². The van der Waals surface area contributed by atoms with E-state index in [0.717, 1.165) is 12.1 Å². The number of aryl methyl sites for hydroxylation is 1. The van der Waals surface area contributed by atoms with Crippen LogP contribution in [0.2, 0.25) is 5.02 Å². The molecular weight excluding hydrogens is 620 g/mol. The molecule has 7 nitrogen and oxygen atoms in total. The second-order valence-electron chi connectivity index (χ2n) is 9.29. The van der Waals surface area contributed by atoms with Crippen LogP contribution in [0.15, 0.2) is 35.5 Å². The molecule has 2 aromatic rings. The zero-order valence-electron chi connectivity index (χ0n) is 20.8. The molecule has 2 aromatic carbocycles. The lowest BCUT2D eigenvalue weighted by Gasteiger charge is -2.30. The quantitative estimate of drug-likeness (QED) is 0.420. The van der Waals surface area contributed by atoms with Gasteiger partial charge in [0.2, 0.25) is 0 Å². The molecular formula is C24H16ClF10N3O4. The Morgan fingerprint density at radius 2 is 1.79 bits per heavy atom. The van der Waals surface area contributed by atoms with Crippen molar-refractivity contribution in [2.75, 3.05) is 13.2 Å². The number of amides is 2. The first-order valence-electron chi connectivity index (χ1n) is 11.5. The molecule has 42 heavy (non-hydrogen) atoms. The van der Waals surface area contributed by atoms with E-state index in [0.29, 0.717) is 0 Å². The van der Waals surface area contributed by atoms with Crippen molar-refractivity contribution in [1.29, 1.82) is 0 Å². The van der Waals surface area contributed by atoms with E-state index in [1.165, 1.54) is 13.0 Å². The molecule has 1 saturated heterocycles. The first-order valence-corrected chi connectivity index (χ1v) is 11.9. The lowest BCUT2D eigenvalue weighted by Crippen LogP contribution is -2.44. The highest BCUT2D eigenvalue weighted by molar-refractivity contribution is 6.30. The second kappa shape index (κ2) is 10.6. The lowest BCUT2D eigenvalue weighted by molar-refractivity contribution is -0.276. The number of nitrogens with one attached hydrogen (secondary N) is 1. The Hall–Kier alpha value is -3.60. The molecule has 4 rings (SSSR count). The van der Waals surface area contributed by atoms with Crippen molar-refractivity contribution in [2.24, 2.45) is 5.16 Å². The first kappa shape index (κ1) is 31.3. The van der Waals surface area contributed by atoms with Gasteiger partial charge in [0.1, 0.15) is 25.0 Å². The Labute approximate surface area is 233 Å². The van der Waals surface area contributed by atoms with Gasteiger partial charge in [0.15, 0.2) is 0 Å². The Kier molecular flexibility index (Phi) is 7.90. The van der Waals surface area contributed by atoms with E-state index in [2.05, 4.69) is 20.1 Å². The number of benzene rings is 2. The molecule has 1 fully saturated rings. The summed E-state index contributed by atoms with van der Waals surface area (Å²) in [6.07, 6.45) is -16.7. The average Bonchev–Trinajstić information content (AvgIpc) is 3.44. The standard InChI is InChI=1S/C24H16ClF10N3O4/c1-10-4-11(2-3-13(10)19(39)36-17-8-41-38(20(17)40)9-22(27,28)29)16-7-21(42-37-16,24(33,34)35)14-5-12(23(30,31)32)6-15(25)18(14)26/h2-6,17H,7-9H2,1H3,(H,36,39)/t17-,21+/m1/s1. The minimum Gasteiger partial charge on any atom is -0.374 e. The molecule has 0 radical (unpaired) electrons. The van der Waals surface area contributed by atoms with Crippen LogP contribution in [0.4, 0.5) is 43.9 Å². The number of rotatable bonds is 5. The van der Waals surface area contributed by atoms with Gasteiger partial charge >= 0.3 is 18.5 Å². The first-order chi connectivity index (χ1) is 19.2. The molecule has 0 unspecified atom stereocenters. The molecule has 1 N–H and O–H groups in total. The predicted molar refractivity (Wildman–Crippen MR) is 123 cm³/mol. The monoisotopic (exact) mass is 635 g/mol. The fourth-order valence-electron chi connectivity index (χ4n) is 4.28. The minimum absolute atomic E-state index is 0.0481. The fraction of sp³-hybridized carbons (Fsp3) is 0.375. The van der Waals surface area contributed by atoms with Crippen LogP contribution in [0, 0.1) is 12.7 Å². The molecule has 0 aromatic heterocycles. The van der Waals surface area contributed by atoms with E-state index >= 15 is 0 Å². The number of hydrogen-bond acceptors (Lipinski definition) is 5. The summed E-state index contributed by atoms with van der Waals surface area (Å²) in [6, 6.07) is 2.00. The normalized spacial score (nSPS) is 21.4. The summed E-state index contributed by atoms with van der Waals surface area (Å²) in [6.45, 7) is -0.950. The van der Waals surface area contributed by atoms with Crippen molar-refractivity contribution in [2.45, 2.75) is 43.5 Å². The Balaban J connectivity index is 1.57. The third-order valence-electron chi connectivity index (χ3n) is 6.35. The minimum atomic E-state index is -5.47. The number of hydrogen-bond donors (Lipinski definition) is 1. The summed E-state index contributed by atoms with van der Waals surface area (Å²) >= 11 is 5.49. The van der Waals surface area contributed by atoms with Gasteiger partial charge in [-0.1, -0.05) is 22.8 Å². The molecule has 2 heterocycles. The van der Waals surface area contributed by atoms with Gasteiger partial charge in [-0.15, -0.1) is 0 Å². The van der Waals surface area contributed by atoms with Crippen molar-refractivity contribution in [3.8, 4) is 0 Å².